The fraction of sp³-hybridized carbons (Fsp3) is 0.692. The van der Waals surface area contributed by atoms with Gasteiger partial charge >= 0.3 is 0 Å². The Bertz CT molecular complexity index is 336. The molecular formula is C13H24N2S2. The zero-order valence-electron chi connectivity index (χ0n) is 11.4. The summed E-state index contributed by atoms with van der Waals surface area (Å²) in [4.78, 5) is 5.15. The number of aryl methyl sites for hydroxylation is 1. The monoisotopic (exact) mass is 272 g/mol. The van der Waals surface area contributed by atoms with Gasteiger partial charge in [0.1, 0.15) is 0 Å². The average molecular weight is 272 g/mol. The summed E-state index contributed by atoms with van der Waals surface area (Å²) in [6, 6.07) is 5.43. The molecule has 98 valence electrons. The minimum absolute atomic E-state index is 0.155. The van der Waals surface area contributed by atoms with Crippen LogP contribution in [0.2, 0.25) is 0 Å². The normalized spacial score (nSPS) is 17.1. The molecule has 2 N–H and O–H groups in total. The van der Waals surface area contributed by atoms with Gasteiger partial charge in [-0.2, -0.15) is 11.8 Å². The number of nitrogens with zero attached hydrogens (tertiary/aromatic N) is 1. The first-order chi connectivity index (χ1) is 7.97. The molecule has 0 radical (unpaired) electrons. The van der Waals surface area contributed by atoms with E-state index in [1.54, 1.807) is 0 Å². The standard InChI is InChI=1S/C13H24N2S2/c1-9(8-16-5)15(4)13(11(3)14)12-7-6-10(2)17-12/h6-7,9,11,13H,8,14H2,1-5H3. The van der Waals surface area contributed by atoms with Crippen molar-refractivity contribution in [1.82, 2.24) is 4.90 Å². The molecule has 1 aromatic rings. The minimum atomic E-state index is 0.155. The molecule has 0 aromatic carbocycles. The maximum Gasteiger partial charge on any atom is 0.0590 e. The summed E-state index contributed by atoms with van der Waals surface area (Å²) in [6.07, 6.45) is 2.15. The highest BCUT2D eigenvalue weighted by Crippen LogP contribution is 2.30. The fourth-order valence-electron chi connectivity index (χ4n) is 2.08. The lowest BCUT2D eigenvalue weighted by molar-refractivity contribution is 0.181. The molecule has 0 spiro atoms. The minimum Gasteiger partial charge on any atom is -0.326 e. The molecule has 1 rings (SSSR count). The van der Waals surface area contributed by atoms with Crippen LogP contribution in [0.4, 0.5) is 0 Å². The number of nitrogens with two attached hydrogens (primary N) is 1. The van der Waals surface area contributed by atoms with Gasteiger partial charge < -0.3 is 5.73 Å². The average Bonchev–Trinajstić information content (AvgIpc) is 2.64. The Morgan fingerprint density at radius 1 is 1.41 bits per heavy atom. The number of rotatable bonds is 6. The maximum absolute atomic E-state index is 6.17. The van der Waals surface area contributed by atoms with Crippen LogP contribution in [0, 0.1) is 6.92 Å². The van der Waals surface area contributed by atoms with E-state index in [4.69, 9.17) is 5.73 Å². The van der Waals surface area contributed by atoms with E-state index < -0.39 is 0 Å². The molecular weight excluding hydrogens is 248 g/mol. The quantitative estimate of drug-likeness (QED) is 0.863. The van der Waals surface area contributed by atoms with Crippen molar-refractivity contribution in [2.75, 3.05) is 19.1 Å². The molecule has 0 aliphatic carbocycles. The Labute approximate surface area is 114 Å². The molecule has 17 heavy (non-hydrogen) atoms. The Hall–Kier alpha value is -0.0300. The maximum atomic E-state index is 6.17. The van der Waals surface area contributed by atoms with Crippen molar-refractivity contribution in [2.24, 2.45) is 5.73 Å². The molecule has 0 aliphatic rings. The van der Waals surface area contributed by atoms with Crippen molar-refractivity contribution < 1.29 is 0 Å². The SMILES string of the molecule is CSCC(C)N(C)C(c1ccc(C)s1)C(C)N. The lowest BCUT2D eigenvalue weighted by Crippen LogP contribution is -2.42. The number of thioether (sulfide) groups is 1. The molecule has 1 heterocycles. The summed E-state index contributed by atoms with van der Waals surface area (Å²) in [6.45, 7) is 6.52. The smallest absolute Gasteiger partial charge is 0.0590 e. The fourth-order valence-corrected chi connectivity index (χ4v) is 3.94. The van der Waals surface area contributed by atoms with Crippen LogP contribution >= 0.6 is 23.1 Å². The summed E-state index contributed by atoms with van der Waals surface area (Å²) in [5.74, 6) is 1.14. The van der Waals surface area contributed by atoms with Crippen molar-refractivity contribution in [1.29, 1.82) is 0 Å². The third kappa shape index (κ3) is 3.98. The van der Waals surface area contributed by atoms with Gasteiger partial charge in [-0.15, -0.1) is 11.3 Å². The van der Waals surface area contributed by atoms with Crippen LogP contribution in [0.15, 0.2) is 12.1 Å². The van der Waals surface area contributed by atoms with Gasteiger partial charge in [-0.3, -0.25) is 4.90 Å². The predicted octanol–water partition coefficient (Wildman–Crippen LogP) is 3.13. The highest BCUT2D eigenvalue weighted by molar-refractivity contribution is 7.98. The predicted molar refractivity (Wildman–Crippen MR) is 81.1 cm³/mol. The third-order valence-corrected chi connectivity index (χ3v) is 4.98. The molecule has 0 saturated heterocycles. The van der Waals surface area contributed by atoms with Gasteiger partial charge in [0.25, 0.3) is 0 Å². The largest absolute Gasteiger partial charge is 0.326 e. The molecule has 3 unspecified atom stereocenters. The van der Waals surface area contributed by atoms with Gasteiger partial charge in [0.05, 0.1) is 6.04 Å². The first-order valence-electron chi connectivity index (χ1n) is 6.00. The van der Waals surface area contributed by atoms with Crippen molar-refractivity contribution in [2.45, 2.75) is 38.9 Å². The van der Waals surface area contributed by atoms with Crippen LogP contribution in [-0.4, -0.2) is 36.0 Å². The Morgan fingerprint density at radius 3 is 2.47 bits per heavy atom. The van der Waals surface area contributed by atoms with Gasteiger partial charge in [-0.25, -0.2) is 0 Å². The molecule has 4 heteroatoms. The van der Waals surface area contributed by atoms with Crippen LogP contribution in [0.1, 0.15) is 29.6 Å². The van der Waals surface area contributed by atoms with E-state index in [-0.39, 0.29) is 6.04 Å². The second-order valence-corrected chi connectivity index (χ2v) is 6.95. The molecule has 0 amide bonds. The topological polar surface area (TPSA) is 29.3 Å². The van der Waals surface area contributed by atoms with Crippen LogP contribution in [0.5, 0.6) is 0 Å². The molecule has 1 aromatic heterocycles. The van der Waals surface area contributed by atoms with Crippen molar-refractivity contribution in [3.8, 4) is 0 Å². The van der Waals surface area contributed by atoms with E-state index >= 15 is 0 Å². The van der Waals surface area contributed by atoms with E-state index in [2.05, 4.69) is 51.1 Å². The van der Waals surface area contributed by atoms with Crippen LogP contribution in [-0.2, 0) is 0 Å². The summed E-state index contributed by atoms with van der Waals surface area (Å²) < 4.78 is 0. The van der Waals surface area contributed by atoms with E-state index in [1.807, 2.05) is 23.1 Å². The van der Waals surface area contributed by atoms with E-state index in [0.29, 0.717) is 12.1 Å². The molecule has 0 bridgehead atoms. The second-order valence-electron chi connectivity index (χ2n) is 4.72. The van der Waals surface area contributed by atoms with Crippen LogP contribution in [0.3, 0.4) is 0 Å². The number of hydrogen-bond acceptors (Lipinski definition) is 4. The van der Waals surface area contributed by atoms with Crippen molar-refractivity contribution in [3.05, 3.63) is 21.9 Å². The van der Waals surface area contributed by atoms with Gasteiger partial charge in [-0.05, 0) is 46.2 Å². The third-order valence-electron chi connectivity index (χ3n) is 3.09. The van der Waals surface area contributed by atoms with Gasteiger partial charge in [0.15, 0.2) is 0 Å². The Kier molecular flexibility index (Phi) is 6.00. The molecule has 0 fully saturated rings. The van der Waals surface area contributed by atoms with E-state index in [1.165, 1.54) is 9.75 Å². The van der Waals surface area contributed by atoms with Gasteiger partial charge in [0.2, 0.25) is 0 Å². The number of likely N-dealkylation sites (N-methyl/N-ethyl adjacent to an activating group) is 1. The van der Waals surface area contributed by atoms with E-state index in [0.717, 1.165) is 5.75 Å². The van der Waals surface area contributed by atoms with Gasteiger partial charge in [-0.1, -0.05) is 0 Å². The Balaban J connectivity index is 2.86. The molecule has 2 nitrogen and oxygen atoms in total. The van der Waals surface area contributed by atoms with Crippen LogP contribution < -0.4 is 5.73 Å². The second kappa shape index (κ2) is 6.78. The highest BCUT2D eigenvalue weighted by atomic mass is 32.2. The van der Waals surface area contributed by atoms with Crippen molar-refractivity contribution >= 4 is 23.1 Å². The van der Waals surface area contributed by atoms with Crippen LogP contribution in [0.25, 0.3) is 0 Å². The zero-order valence-corrected chi connectivity index (χ0v) is 13.1. The summed E-state index contributed by atoms with van der Waals surface area (Å²) in [5.41, 5.74) is 6.17. The Morgan fingerprint density at radius 2 is 2.06 bits per heavy atom. The summed E-state index contributed by atoms with van der Waals surface area (Å²) in [7, 11) is 2.18. The zero-order chi connectivity index (χ0) is 13.0. The molecule has 0 saturated carbocycles. The van der Waals surface area contributed by atoms with Crippen molar-refractivity contribution in [3.63, 3.8) is 0 Å². The first kappa shape index (κ1) is 15.0. The highest BCUT2D eigenvalue weighted by Gasteiger charge is 2.25. The number of thiophene rings is 1. The number of hydrogen-bond donors (Lipinski definition) is 1. The lowest BCUT2D eigenvalue weighted by Gasteiger charge is -2.34. The lowest BCUT2D eigenvalue weighted by atomic mass is 10.1. The summed E-state index contributed by atoms with van der Waals surface area (Å²) in [5, 5.41) is 0. The molecule has 0 aliphatic heterocycles. The first-order valence-corrected chi connectivity index (χ1v) is 8.21. The van der Waals surface area contributed by atoms with Gasteiger partial charge in [0, 0.05) is 27.6 Å². The summed E-state index contributed by atoms with van der Waals surface area (Å²) >= 11 is 3.75. The molecule has 3 atom stereocenters. The van der Waals surface area contributed by atoms with E-state index in [9.17, 15) is 0 Å².